The van der Waals surface area contributed by atoms with Crippen LogP contribution in [0.3, 0.4) is 0 Å². The summed E-state index contributed by atoms with van der Waals surface area (Å²) in [6, 6.07) is 2.69. The van der Waals surface area contributed by atoms with Gasteiger partial charge < -0.3 is 5.32 Å². The summed E-state index contributed by atoms with van der Waals surface area (Å²) in [7, 11) is 0. The average molecular weight is 348 g/mol. The van der Waals surface area contributed by atoms with Gasteiger partial charge in [-0.3, -0.25) is 4.90 Å². The molecule has 2 heterocycles. The van der Waals surface area contributed by atoms with E-state index in [4.69, 9.17) is 0 Å². The number of nitrogens with zero attached hydrogens (tertiary/aromatic N) is 1. The van der Waals surface area contributed by atoms with Gasteiger partial charge in [-0.15, -0.1) is 36.2 Å². The normalized spacial score (nSPS) is 18.4. The van der Waals surface area contributed by atoms with Crippen LogP contribution in [0.15, 0.2) is 15.9 Å². The zero-order valence-corrected chi connectivity index (χ0v) is 13.1. The Labute approximate surface area is 122 Å². The summed E-state index contributed by atoms with van der Waals surface area (Å²) in [5, 5.41) is 5.53. The predicted molar refractivity (Wildman–Crippen MR) is 79.4 cm³/mol. The second-order valence-electron chi connectivity index (χ2n) is 3.59. The molecule has 0 unspecified atom stereocenters. The number of thiophene rings is 1. The molecule has 1 aliphatic rings. The van der Waals surface area contributed by atoms with E-state index in [0.717, 1.165) is 26.2 Å². The Morgan fingerprint density at radius 2 is 2.00 bits per heavy atom. The maximum atomic E-state index is 3.60. The van der Waals surface area contributed by atoms with Gasteiger partial charge in [-0.05, 0) is 34.3 Å². The van der Waals surface area contributed by atoms with Gasteiger partial charge in [0.05, 0.1) is 0 Å². The summed E-state index contributed by atoms with van der Waals surface area (Å²) in [4.78, 5) is 3.99. The lowest BCUT2D eigenvalue weighted by atomic mass is 10.2. The highest BCUT2D eigenvalue weighted by Gasteiger charge is 2.20. The molecular weight excluding hydrogens is 331 g/mol. The second-order valence-corrected chi connectivity index (χ2v) is 5.40. The molecule has 0 spiro atoms. The first-order chi connectivity index (χ1) is 6.79. The van der Waals surface area contributed by atoms with Gasteiger partial charge in [0.2, 0.25) is 0 Å². The number of rotatable bonds is 2. The summed E-state index contributed by atoms with van der Waals surface area (Å²) >= 11 is 5.44. The van der Waals surface area contributed by atoms with Crippen molar-refractivity contribution in [3.05, 3.63) is 20.8 Å². The Hall–Kier alpha value is 0.680. The van der Waals surface area contributed by atoms with Gasteiger partial charge in [-0.2, -0.15) is 0 Å². The van der Waals surface area contributed by atoms with Crippen LogP contribution in [-0.4, -0.2) is 31.1 Å². The molecule has 1 saturated heterocycles. The molecule has 1 aromatic rings. The standard InChI is InChI=1S/C10H15BrN2S.2ClH/c1-8(10-9(11)2-7-14-10)13-5-3-12-4-6-13;;/h2,7-8,12H,3-6H2,1H3;2*1H/t8-;;/m0../s1. The van der Waals surface area contributed by atoms with Gasteiger partial charge in [0, 0.05) is 41.6 Å². The second kappa shape index (κ2) is 7.90. The molecule has 0 amide bonds. The third-order valence-electron chi connectivity index (χ3n) is 2.72. The molecule has 16 heavy (non-hydrogen) atoms. The summed E-state index contributed by atoms with van der Waals surface area (Å²) in [6.45, 7) is 6.85. The first-order valence-electron chi connectivity index (χ1n) is 4.96. The molecule has 2 nitrogen and oxygen atoms in total. The number of hydrogen-bond acceptors (Lipinski definition) is 3. The van der Waals surface area contributed by atoms with Crippen molar-refractivity contribution >= 4 is 52.1 Å². The topological polar surface area (TPSA) is 15.3 Å². The molecule has 1 atom stereocenters. The van der Waals surface area contributed by atoms with Gasteiger partial charge in [-0.25, -0.2) is 0 Å². The monoisotopic (exact) mass is 346 g/mol. The van der Waals surface area contributed by atoms with Crippen molar-refractivity contribution in [2.45, 2.75) is 13.0 Å². The number of halogens is 3. The smallest absolute Gasteiger partial charge is 0.0425 e. The molecule has 0 radical (unpaired) electrons. The van der Waals surface area contributed by atoms with E-state index in [0.29, 0.717) is 6.04 Å². The molecule has 94 valence electrons. The molecule has 1 aliphatic heterocycles. The summed E-state index contributed by atoms with van der Waals surface area (Å²) in [5.41, 5.74) is 0. The lowest BCUT2D eigenvalue weighted by Gasteiger charge is -2.32. The Morgan fingerprint density at radius 3 is 2.50 bits per heavy atom. The first kappa shape index (κ1) is 16.7. The SMILES string of the molecule is C[C@@H](c1sccc1Br)N1CCNCC1.Cl.Cl. The molecule has 6 heteroatoms. The van der Waals surface area contributed by atoms with Gasteiger partial charge >= 0.3 is 0 Å². The number of nitrogens with one attached hydrogen (secondary N) is 1. The van der Waals surface area contributed by atoms with E-state index in [2.05, 4.69) is 44.5 Å². The van der Waals surface area contributed by atoms with Crippen molar-refractivity contribution in [2.24, 2.45) is 0 Å². The largest absolute Gasteiger partial charge is 0.314 e. The Bertz CT molecular complexity index is 303. The van der Waals surface area contributed by atoms with Crippen molar-refractivity contribution in [1.29, 1.82) is 0 Å². The fraction of sp³-hybridized carbons (Fsp3) is 0.600. The third-order valence-corrected chi connectivity index (χ3v) is 4.76. The highest BCUT2D eigenvalue weighted by molar-refractivity contribution is 9.10. The minimum Gasteiger partial charge on any atom is -0.314 e. The maximum Gasteiger partial charge on any atom is 0.0425 e. The zero-order valence-electron chi connectivity index (χ0n) is 9.11. The van der Waals surface area contributed by atoms with Crippen LogP contribution in [0, 0.1) is 0 Å². The van der Waals surface area contributed by atoms with Crippen LogP contribution >= 0.6 is 52.1 Å². The summed E-state index contributed by atoms with van der Waals surface area (Å²) in [5.74, 6) is 0. The Morgan fingerprint density at radius 1 is 1.38 bits per heavy atom. The van der Waals surface area contributed by atoms with Crippen molar-refractivity contribution in [2.75, 3.05) is 26.2 Å². The Kier molecular flexibility index (Phi) is 8.24. The molecule has 0 saturated carbocycles. The fourth-order valence-corrected chi connectivity index (χ4v) is 3.63. The van der Waals surface area contributed by atoms with E-state index < -0.39 is 0 Å². The maximum absolute atomic E-state index is 3.60. The van der Waals surface area contributed by atoms with Crippen molar-refractivity contribution in [3.63, 3.8) is 0 Å². The van der Waals surface area contributed by atoms with Crippen molar-refractivity contribution < 1.29 is 0 Å². The van der Waals surface area contributed by atoms with E-state index in [1.807, 2.05) is 11.3 Å². The van der Waals surface area contributed by atoms with Crippen LogP contribution < -0.4 is 5.32 Å². The van der Waals surface area contributed by atoms with Crippen molar-refractivity contribution in [1.82, 2.24) is 10.2 Å². The van der Waals surface area contributed by atoms with Crippen LogP contribution in [0.1, 0.15) is 17.8 Å². The fourth-order valence-electron chi connectivity index (χ4n) is 1.84. The van der Waals surface area contributed by atoms with Gasteiger partial charge in [-0.1, -0.05) is 0 Å². The van der Waals surface area contributed by atoms with Crippen LogP contribution in [-0.2, 0) is 0 Å². The third kappa shape index (κ3) is 3.86. The van der Waals surface area contributed by atoms with Gasteiger partial charge in [0.1, 0.15) is 0 Å². The molecular formula is C10H17BrCl2N2S. The molecule has 1 aromatic heterocycles. The van der Waals surface area contributed by atoms with E-state index in [1.54, 1.807) is 0 Å². The van der Waals surface area contributed by atoms with E-state index in [-0.39, 0.29) is 24.8 Å². The lowest BCUT2D eigenvalue weighted by Crippen LogP contribution is -2.44. The van der Waals surface area contributed by atoms with Crippen LogP contribution in [0.5, 0.6) is 0 Å². The minimum atomic E-state index is 0. The molecule has 0 aromatic carbocycles. The summed E-state index contributed by atoms with van der Waals surface area (Å²) in [6.07, 6.45) is 0. The van der Waals surface area contributed by atoms with E-state index in [1.165, 1.54) is 9.35 Å². The van der Waals surface area contributed by atoms with Crippen molar-refractivity contribution in [3.8, 4) is 0 Å². The van der Waals surface area contributed by atoms with E-state index >= 15 is 0 Å². The molecule has 1 N–H and O–H groups in total. The molecule has 0 aliphatic carbocycles. The van der Waals surface area contributed by atoms with Gasteiger partial charge in [0.25, 0.3) is 0 Å². The molecule has 0 bridgehead atoms. The number of piperazine rings is 1. The molecule has 1 fully saturated rings. The summed E-state index contributed by atoms with van der Waals surface area (Å²) < 4.78 is 1.26. The highest BCUT2D eigenvalue weighted by Crippen LogP contribution is 2.32. The molecule has 2 rings (SSSR count). The minimum absolute atomic E-state index is 0. The lowest BCUT2D eigenvalue weighted by molar-refractivity contribution is 0.187. The first-order valence-corrected chi connectivity index (χ1v) is 6.64. The highest BCUT2D eigenvalue weighted by atomic mass is 79.9. The predicted octanol–water partition coefficient (Wildman–Crippen LogP) is 3.32. The average Bonchev–Trinajstić information content (AvgIpc) is 2.65. The zero-order chi connectivity index (χ0) is 9.97. The number of hydrogen-bond donors (Lipinski definition) is 1. The van der Waals surface area contributed by atoms with Crippen LogP contribution in [0.25, 0.3) is 0 Å². The van der Waals surface area contributed by atoms with Crippen LogP contribution in [0.4, 0.5) is 0 Å². The van der Waals surface area contributed by atoms with Gasteiger partial charge in [0.15, 0.2) is 0 Å². The van der Waals surface area contributed by atoms with E-state index in [9.17, 15) is 0 Å². The Balaban J connectivity index is 0.00000112. The van der Waals surface area contributed by atoms with Crippen LogP contribution in [0.2, 0.25) is 0 Å². The quantitative estimate of drug-likeness (QED) is 0.882.